The lowest BCUT2D eigenvalue weighted by atomic mass is 10.0. The van der Waals surface area contributed by atoms with Gasteiger partial charge in [0.2, 0.25) is 11.8 Å². The molecule has 0 unspecified atom stereocenters. The van der Waals surface area contributed by atoms with Gasteiger partial charge in [-0.1, -0.05) is 61.5 Å². The molecule has 3 aromatic carbocycles. The van der Waals surface area contributed by atoms with Crippen LogP contribution in [0.4, 0.5) is 0 Å². The molecule has 0 radical (unpaired) electrons. The van der Waals surface area contributed by atoms with Crippen LogP contribution in [0, 0.1) is 0 Å². The van der Waals surface area contributed by atoms with Gasteiger partial charge in [-0.3, -0.25) is 9.59 Å². The van der Waals surface area contributed by atoms with Crippen LogP contribution < -0.4 is 10.1 Å². The van der Waals surface area contributed by atoms with Crippen molar-refractivity contribution in [3.05, 3.63) is 77.9 Å². The van der Waals surface area contributed by atoms with Crippen molar-refractivity contribution < 1.29 is 14.3 Å². The van der Waals surface area contributed by atoms with Gasteiger partial charge in [0.15, 0.2) is 0 Å². The number of hydrogen-bond donors (Lipinski definition) is 1. The third kappa shape index (κ3) is 5.88. The lowest BCUT2D eigenvalue weighted by Crippen LogP contribution is -2.47. The van der Waals surface area contributed by atoms with Crippen LogP contribution in [-0.2, 0) is 22.6 Å². The number of benzene rings is 3. The van der Waals surface area contributed by atoms with Crippen LogP contribution in [0.1, 0.15) is 37.8 Å². The number of rotatable bonds is 10. The molecule has 0 aliphatic heterocycles. The SMILES string of the molecule is CCCNC(=O)[C@H](C)N(Cc1cccc(OC)c1)C(=O)CCc1cccc2ccccc12. The molecular weight excluding hydrogens is 400 g/mol. The molecule has 168 valence electrons. The number of amides is 2. The van der Waals surface area contributed by atoms with Crippen LogP contribution in [0.2, 0.25) is 0 Å². The number of ether oxygens (including phenoxy) is 1. The van der Waals surface area contributed by atoms with Gasteiger partial charge in [-0.05, 0) is 53.8 Å². The number of aryl methyl sites for hydroxylation is 1. The van der Waals surface area contributed by atoms with Gasteiger partial charge in [0.05, 0.1) is 7.11 Å². The van der Waals surface area contributed by atoms with E-state index in [0.29, 0.717) is 25.9 Å². The Balaban J connectivity index is 1.79. The van der Waals surface area contributed by atoms with E-state index in [-0.39, 0.29) is 11.8 Å². The molecule has 1 atom stereocenters. The van der Waals surface area contributed by atoms with E-state index < -0.39 is 6.04 Å². The molecule has 1 N–H and O–H groups in total. The second-order valence-corrected chi connectivity index (χ2v) is 7.98. The Morgan fingerprint density at radius 1 is 1.03 bits per heavy atom. The van der Waals surface area contributed by atoms with Crippen molar-refractivity contribution in [2.75, 3.05) is 13.7 Å². The summed E-state index contributed by atoms with van der Waals surface area (Å²) in [6.45, 7) is 4.75. The summed E-state index contributed by atoms with van der Waals surface area (Å²) in [5.41, 5.74) is 2.07. The highest BCUT2D eigenvalue weighted by Crippen LogP contribution is 2.21. The summed E-state index contributed by atoms with van der Waals surface area (Å²) >= 11 is 0. The minimum absolute atomic E-state index is 0.0418. The fourth-order valence-corrected chi connectivity index (χ4v) is 3.84. The third-order valence-corrected chi connectivity index (χ3v) is 5.69. The first-order valence-corrected chi connectivity index (χ1v) is 11.2. The summed E-state index contributed by atoms with van der Waals surface area (Å²) in [6.07, 6.45) is 1.81. The van der Waals surface area contributed by atoms with Crippen LogP contribution in [0.3, 0.4) is 0 Å². The standard InChI is InChI=1S/C27H32N2O3/c1-4-17-28-27(31)20(2)29(19-21-9-7-13-24(18-21)32-3)26(30)16-15-23-12-8-11-22-10-5-6-14-25(22)23/h5-14,18,20H,4,15-17,19H2,1-3H3,(H,28,31)/t20-/m0/s1. The fraction of sp³-hybridized carbons (Fsp3) is 0.333. The number of hydrogen-bond acceptors (Lipinski definition) is 3. The van der Waals surface area contributed by atoms with Crippen LogP contribution in [0.15, 0.2) is 66.7 Å². The average molecular weight is 433 g/mol. The van der Waals surface area contributed by atoms with Crippen molar-refractivity contribution in [3.8, 4) is 5.75 Å². The molecule has 2 amide bonds. The Morgan fingerprint density at radius 3 is 2.56 bits per heavy atom. The normalized spacial score (nSPS) is 11.7. The average Bonchev–Trinajstić information content (AvgIpc) is 2.84. The van der Waals surface area contributed by atoms with E-state index in [0.717, 1.165) is 34.1 Å². The van der Waals surface area contributed by atoms with Gasteiger partial charge in [0.1, 0.15) is 11.8 Å². The Bertz CT molecular complexity index is 1060. The number of carbonyl (C=O) groups excluding carboxylic acids is 2. The first-order valence-electron chi connectivity index (χ1n) is 11.2. The van der Waals surface area contributed by atoms with Crippen molar-refractivity contribution in [1.82, 2.24) is 10.2 Å². The summed E-state index contributed by atoms with van der Waals surface area (Å²) < 4.78 is 5.32. The topological polar surface area (TPSA) is 58.6 Å². The molecule has 32 heavy (non-hydrogen) atoms. The molecule has 0 spiro atoms. The molecule has 3 rings (SSSR count). The summed E-state index contributed by atoms with van der Waals surface area (Å²) in [6, 6.07) is 21.4. The maximum Gasteiger partial charge on any atom is 0.242 e. The largest absolute Gasteiger partial charge is 0.497 e. The van der Waals surface area contributed by atoms with Gasteiger partial charge in [-0.2, -0.15) is 0 Å². The minimum atomic E-state index is -0.562. The maximum absolute atomic E-state index is 13.3. The Kier molecular flexibility index (Phi) is 8.26. The second kappa shape index (κ2) is 11.3. The minimum Gasteiger partial charge on any atom is -0.497 e. The number of fused-ring (bicyclic) bond motifs is 1. The molecule has 0 fully saturated rings. The zero-order valence-corrected chi connectivity index (χ0v) is 19.1. The lowest BCUT2D eigenvalue weighted by molar-refractivity contribution is -0.140. The summed E-state index contributed by atoms with van der Waals surface area (Å²) in [4.78, 5) is 27.7. The molecule has 0 saturated carbocycles. The molecule has 3 aromatic rings. The highest BCUT2D eigenvalue weighted by Gasteiger charge is 2.26. The molecule has 0 saturated heterocycles. The number of nitrogens with zero attached hydrogens (tertiary/aromatic N) is 1. The van der Waals surface area contributed by atoms with Gasteiger partial charge < -0.3 is 15.0 Å². The van der Waals surface area contributed by atoms with Gasteiger partial charge >= 0.3 is 0 Å². The van der Waals surface area contributed by atoms with E-state index in [2.05, 4.69) is 29.6 Å². The quantitative estimate of drug-likeness (QED) is 0.504. The van der Waals surface area contributed by atoms with Crippen LogP contribution in [-0.4, -0.2) is 36.4 Å². The fourth-order valence-electron chi connectivity index (χ4n) is 3.84. The van der Waals surface area contributed by atoms with Gasteiger partial charge in [-0.25, -0.2) is 0 Å². The summed E-state index contributed by atoms with van der Waals surface area (Å²) in [5, 5.41) is 5.24. The monoisotopic (exact) mass is 432 g/mol. The van der Waals surface area contributed by atoms with Gasteiger partial charge in [-0.15, -0.1) is 0 Å². The zero-order chi connectivity index (χ0) is 22.9. The molecule has 0 aliphatic carbocycles. The maximum atomic E-state index is 13.3. The van der Waals surface area contributed by atoms with Crippen LogP contribution >= 0.6 is 0 Å². The molecule has 5 nitrogen and oxygen atoms in total. The van der Waals surface area contributed by atoms with E-state index in [1.807, 2.05) is 49.4 Å². The predicted octanol–water partition coefficient (Wildman–Crippen LogP) is 4.72. The van der Waals surface area contributed by atoms with E-state index in [1.165, 1.54) is 0 Å². The molecule has 0 aliphatic rings. The third-order valence-electron chi connectivity index (χ3n) is 5.69. The van der Waals surface area contributed by atoms with Crippen molar-refractivity contribution in [2.45, 2.75) is 45.7 Å². The summed E-state index contributed by atoms with van der Waals surface area (Å²) in [5.74, 6) is 0.557. The summed E-state index contributed by atoms with van der Waals surface area (Å²) in [7, 11) is 1.62. The van der Waals surface area contributed by atoms with Crippen molar-refractivity contribution in [3.63, 3.8) is 0 Å². The highest BCUT2D eigenvalue weighted by atomic mass is 16.5. The first-order chi connectivity index (χ1) is 15.5. The number of carbonyl (C=O) groups is 2. The van der Waals surface area contributed by atoms with E-state index in [1.54, 1.807) is 18.9 Å². The number of nitrogens with one attached hydrogen (secondary N) is 1. The lowest BCUT2D eigenvalue weighted by Gasteiger charge is -2.29. The van der Waals surface area contributed by atoms with Crippen molar-refractivity contribution in [1.29, 1.82) is 0 Å². The first kappa shape index (κ1) is 23.3. The van der Waals surface area contributed by atoms with Crippen molar-refractivity contribution >= 4 is 22.6 Å². The van der Waals surface area contributed by atoms with Gasteiger partial charge in [0.25, 0.3) is 0 Å². The number of methoxy groups -OCH3 is 1. The Morgan fingerprint density at radius 2 is 1.78 bits per heavy atom. The molecule has 5 heteroatoms. The van der Waals surface area contributed by atoms with E-state index in [4.69, 9.17) is 4.74 Å². The molecule has 0 aromatic heterocycles. The predicted molar refractivity (Wildman–Crippen MR) is 129 cm³/mol. The molecule has 0 bridgehead atoms. The van der Waals surface area contributed by atoms with Crippen LogP contribution in [0.25, 0.3) is 10.8 Å². The van der Waals surface area contributed by atoms with Crippen LogP contribution in [0.5, 0.6) is 5.75 Å². The highest BCUT2D eigenvalue weighted by molar-refractivity contribution is 5.88. The Hall–Kier alpha value is -3.34. The molecular formula is C27H32N2O3. The van der Waals surface area contributed by atoms with E-state index >= 15 is 0 Å². The Labute approximate surface area is 190 Å². The van der Waals surface area contributed by atoms with Crippen molar-refractivity contribution in [2.24, 2.45) is 0 Å². The zero-order valence-electron chi connectivity index (χ0n) is 19.1. The van der Waals surface area contributed by atoms with Gasteiger partial charge in [0, 0.05) is 19.5 Å². The smallest absolute Gasteiger partial charge is 0.242 e. The molecule has 0 heterocycles. The van der Waals surface area contributed by atoms with E-state index in [9.17, 15) is 9.59 Å². The second-order valence-electron chi connectivity index (χ2n) is 7.98.